The van der Waals surface area contributed by atoms with E-state index in [1.54, 1.807) is 0 Å². The smallest absolute Gasteiger partial charge is 0.227 e. The Morgan fingerprint density at radius 1 is 1.38 bits per heavy atom. The van der Waals surface area contributed by atoms with Crippen molar-refractivity contribution >= 4 is 27.4 Å². The highest BCUT2D eigenvalue weighted by Crippen LogP contribution is 2.32. The molecule has 0 saturated heterocycles. The lowest BCUT2D eigenvalue weighted by molar-refractivity contribution is 0.622. The molecule has 3 nitrogen and oxygen atoms in total. The number of thiophene rings is 1. The first-order valence-corrected chi connectivity index (χ1v) is 5.82. The second-order valence-corrected chi connectivity index (χ2v) is 4.61. The highest BCUT2D eigenvalue weighted by Gasteiger charge is 2.11. The number of nitrogens with two attached hydrogens (primary N) is 1. The van der Waals surface area contributed by atoms with Crippen LogP contribution in [0.25, 0.3) is 22.6 Å². The van der Waals surface area contributed by atoms with E-state index in [2.05, 4.69) is 4.98 Å². The maximum absolute atomic E-state index is 5.78. The van der Waals surface area contributed by atoms with Crippen molar-refractivity contribution in [1.29, 1.82) is 0 Å². The van der Waals surface area contributed by atoms with Gasteiger partial charge in [-0.1, -0.05) is 17.7 Å². The molecule has 0 fully saturated rings. The van der Waals surface area contributed by atoms with Crippen molar-refractivity contribution in [3.8, 4) is 11.5 Å². The monoisotopic (exact) mass is 230 g/mol. The van der Waals surface area contributed by atoms with Gasteiger partial charge in [-0.2, -0.15) is 0 Å². The SMILES string of the molecule is Cc1cccc(-c2nc3csc(N)c3o2)c1. The second-order valence-electron chi connectivity index (χ2n) is 3.70. The third-order valence-electron chi connectivity index (χ3n) is 2.44. The molecule has 1 aromatic carbocycles. The predicted octanol–water partition coefficient (Wildman–Crippen LogP) is 3.45. The largest absolute Gasteiger partial charge is 0.433 e. The fourth-order valence-corrected chi connectivity index (χ4v) is 2.31. The number of rotatable bonds is 1. The predicted molar refractivity (Wildman–Crippen MR) is 66.5 cm³/mol. The topological polar surface area (TPSA) is 52.0 Å². The standard InChI is InChI=1S/C12H10N2OS/c1-7-3-2-4-8(5-7)12-14-9-6-16-11(13)10(9)15-12/h2-6H,13H2,1H3. The van der Waals surface area contributed by atoms with Crippen LogP contribution in [0.1, 0.15) is 5.56 Å². The molecular formula is C12H10N2OS. The highest BCUT2D eigenvalue weighted by atomic mass is 32.1. The van der Waals surface area contributed by atoms with Crippen LogP contribution in [0.5, 0.6) is 0 Å². The summed E-state index contributed by atoms with van der Waals surface area (Å²) in [5, 5.41) is 2.59. The molecule has 2 heterocycles. The van der Waals surface area contributed by atoms with Gasteiger partial charge in [0.15, 0.2) is 5.58 Å². The minimum absolute atomic E-state index is 0.633. The van der Waals surface area contributed by atoms with Crippen molar-refractivity contribution in [1.82, 2.24) is 4.98 Å². The van der Waals surface area contributed by atoms with Crippen LogP contribution in [-0.4, -0.2) is 4.98 Å². The second kappa shape index (κ2) is 3.35. The van der Waals surface area contributed by atoms with Gasteiger partial charge in [-0.05, 0) is 19.1 Å². The van der Waals surface area contributed by atoms with Gasteiger partial charge in [0.1, 0.15) is 10.5 Å². The van der Waals surface area contributed by atoms with Crippen molar-refractivity contribution in [3.05, 3.63) is 35.2 Å². The molecule has 4 heteroatoms. The molecule has 0 saturated carbocycles. The van der Waals surface area contributed by atoms with Gasteiger partial charge in [0.2, 0.25) is 5.89 Å². The maximum Gasteiger partial charge on any atom is 0.227 e. The average molecular weight is 230 g/mol. The Morgan fingerprint density at radius 2 is 2.25 bits per heavy atom. The fourth-order valence-electron chi connectivity index (χ4n) is 1.66. The Balaban J connectivity index is 2.19. The number of nitrogens with zero attached hydrogens (tertiary/aromatic N) is 1. The van der Waals surface area contributed by atoms with Gasteiger partial charge in [-0.3, -0.25) is 0 Å². The summed E-state index contributed by atoms with van der Waals surface area (Å²) >= 11 is 1.45. The number of aryl methyl sites for hydroxylation is 1. The average Bonchev–Trinajstić information content (AvgIpc) is 2.81. The zero-order valence-corrected chi connectivity index (χ0v) is 9.54. The zero-order valence-electron chi connectivity index (χ0n) is 8.73. The quantitative estimate of drug-likeness (QED) is 0.696. The first-order chi connectivity index (χ1) is 7.74. The number of aromatic nitrogens is 1. The number of anilines is 1. The molecule has 2 N–H and O–H groups in total. The number of hydrogen-bond donors (Lipinski definition) is 1. The van der Waals surface area contributed by atoms with E-state index in [-0.39, 0.29) is 0 Å². The lowest BCUT2D eigenvalue weighted by Crippen LogP contribution is -1.78. The van der Waals surface area contributed by atoms with Gasteiger partial charge in [0, 0.05) is 10.9 Å². The van der Waals surface area contributed by atoms with Crippen molar-refractivity contribution in [2.24, 2.45) is 0 Å². The van der Waals surface area contributed by atoms with E-state index >= 15 is 0 Å². The first kappa shape index (κ1) is 9.42. The number of oxazole rings is 1. The molecule has 0 radical (unpaired) electrons. The summed E-state index contributed by atoms with van der Waals surface area (Å²) in [5.41, 5.74) is 9.48. The summed E-state index contributed by atoms with van der Waals surface area (Å²) in [6.07, 6.45) is 0. The zero-order chi connectivity index (χ0) is 11.1. The molecule has 0 aliphatic heterocycles. The molecule has 3 aromatic rings. The molecule has 0 atom stereocenters. The Hall–Kier alpha value is -1.81. The third-order valence-corrected chi connectivity index (χ3v) is 3.22. The van der Waals surface area contributed by atoms with Gasteiger partial charge < -0.3 is 10.2 Å². The van der Waals surface area contributed by atoms with E-state index in [1.165, 1.54) is 16.9 Å². The van der Waals surface area contributed by atoms with Crippen LogP contribution in [0.4, 0.5) is 5.00 Å². The Bertz CT molecular complexity index is 654. The van der Waals surface area contributed by atoms with Crippen LogP contribution in [0, 0.1) is 6.92 Å². The normalized spacial score (nSPS) is 11.1. The van der Waals surface area contributed by atoms with E-state index in [0.717, 1.165) is 11.1 Å². The summed E-state index contributed by atoms with van der Waals surface area (Å²) in [6, 6.07) is 8.07. The molecule has 0 amide bonds. The van der Waals surface area contributed by atoms with Crippen LogP contribution in [-0.2, 0) is 0 Å². The lowest BCUT2D eigenvalue weighted by atomic mass is 10.1. The molecule has 0 aliphatic rings. The number of nitrogen functional groups attached to an aromatic ring is 1. The van der Waals surface area contributed by atoms with E-state index in [4.69, 9.17) is 10.2 Å². The molecule has 80 valence electrons. The Kier molecular flexibility index (Phi) is 1.97. The minimum atomic E-state index is 0.633. The van der Waals surface area contributed by atoms with Gasteiger partial charge in [0.25, 0.3) is 0 Å². The van der Waals surface area contributed by atoms with E-state index in [0.29, 0.717) is 16.5 Å². The molecule has 3 rings (SSSR count). The molecule has 0 bridgehead atoms. The Morgan fingerprint density at radius 3 is 3.00 bits per heavy atom. The minimum Gasteiger partial charge on any atom is -0.433 e. The van der Waals surface area contributed by atoms with Gasteiger partial charge in [-0.25, -0.2) is 4.98 Å². The summed E-state index contributed by atoms with van der Waals surface area (Å²) in [5.74, 6) is 0.633. The Labute approximate surface area is 96.5 Å². The van der Waals surface area contributed by atoms with Crippen LogP contribution >= 0.6 is 11.3 Å². The van der Waals surface area contributed by atoms with Crippen molar-refractivity contribution in [2.45, 2.75) is 6.92 Å². The molecule has 16 heavy (non-hydrogen) atoms. The molecule has 0 unspecified atom stereocenters. The number of fused-ring (bicyclic) bond motifs is 1. The molecule has 0 spiro atoms. The van der Waals surface area contributed by atoms with E-state index in [1.807, 2.05) is 36.6 Å². The van der Waals surface area contributed by atoms with Crippen molar-refractivity contribution < 1.29 is 4.42 Å². The fraction of sp³-hybridized carbons (Fsp3) is 0.0833. The number of benzene rings is 1. The molecule has 0 aliphatic carbocycles. The number of hydrogen-bond acceptors (Lipinski definition) is 4. The summed E-state index contributed by atoms with van der Waals surface area (Å²) < 4.78 is 5.65. The maximum atomic E-state index is 5.78. The summed E-state index contributed by atoms with van der Waals surface area (Å²) in [7, 11) is 0. The lowest BCUT2D eigenvalue weighted by Gasteiger charge is -1.96. The molecule has 2 aromatic heterocycles. The first-order valence-electron chi connectivity index (χ1n) is 4.94. The molecular weight excluding hydrogens is 220 g/mol. The van der Waals surface area contributed by atoms with E-state index in [9.17, 15) is 0 Å². The summed E-state index contributed by atoms with van der Waals surface area (Å²) in [4.78, 5) is 4.41. The van der Waals surface area contributed by atoms with Crippen LogP contribution < -0.4 is 5.73 Å². The van der Waals surface area contributed by atoms with Crippen LogP contribution in [0.15, 0.2) is 34.1 Å². The van der Waals surface area contributed by atoms with Crippen LogP contribution in [0.3, 0.4) is 0 Å². The van der Waals surface area contributed by atoms with Gasteiger partial charge in [-0.15, -0.1) is 11.3 Å². The van der Waals surface area contributed by atoms with Gasteiger partial charge >= 0.3 is 0 Å². The summed E-state index contributed by atoms with van der Waals surface area (Å²) in [6.45, 7) is 2.04. The third kappa shape index (κ3) is 1.39. The van der Waals surface area contributed by atoms with E-state index < -0.39 is 0 Å². The van der Waals surface area contributed by atoms with Gasteiger partial charge in [0.05, 0.1) is 0 Å². The highest BCUT2D eigenvalue weighted by molar-refractivity contribution is 7.15. The van der Waals surface area contributed by atoms with Crippen molar-refractivity contribution in [3.63, 3.8) is 0 Å². The van der Waals surface area contributed by atoms with Crippen LogP contribution in [0.2, 0.25) is 0 Å². The van der Waals surface area contributed by atoms with Crippen molar-refractivity contribution in [2.75, 3.05) is 5.73 Å².